The van der Waals surface area contributed by atoms with E-state index in [2.05, 4.69) is 0 Å². The Morgan fingerprint density at radius 2 is 2.24 bits per heavy atom. The number of halogens is 2. The fraction of sp³-hybridized carbons (Fsp3) is 0.538. The van der Waals surface area contributed by atoms with Crippen LogP contribution in [0.1, 0.15) is 24.8 Å². The molecule has 1 saturated carbocycles. The molecule has 0 bridgehead atoms. The minimum Gasteiger partial charge on any atom is -0.493 e. The smallest absolute Gasteiger partial charge is 0.248 e. The fourth-order valence-corrected chi connectivity index (χ4v) is 2.14. The van der Waals surface area contributed by atoms with E-state index in [0.717, 1.165) is 5.56 Å². The van der Waals surface area contributed by atoms with Crippen molar-refractivity contribution in [3.8, 4) is 5.75 Å². The molecular formula is C13H17F2NO. The summed E-state index contributed by atoms with van der Waals surface area (Å²) in [6.07, 6.45) is 0.476. The molecule has 1 atom stereocenters. The van der Waals surface area contributed by atoms with Crippen molar-refractivity contribution < 1.29 is 13.5 Å². The highest BCUT2D eigenvalue weighted by molar-refractivity contribution is 5.49. The summed E-state index contributed by atoms with van der Waals surface area (Å²) < 4.78 is 31.5. The molecule has 0 amide bonds. The lowest BCUT2D eigenvalue weighted by molar-refractivity contribution is 0.00292. The van der Waals surface area contributed by atoms with Crippen LogP contribution < -0.4 is 10.5 Å². The van der Waals surface area contributed by atoms with Gasteiger partial charge >= 0.3 is 0 Å². The monoisotopic (exact) mass is 241 g/mol. The molecule has 0 spiro atoms. The highest BCUT2D eigenvalue weighted by Gasteiger charge is 2.39. The van der Waals surface area contributed by atoms with E-state index in [-0.39, 0.29) is 18.8 Å². The van der Waals surface area contributed by atoms with Crippen LogP contribution in [0, 0.1) is 12.8 Å². The molecule has 1 fully saturated rings. The Bertz CT molecular complexity index is 406. The van der Waals surface area contributed by atoms with Crippen molar-refractivity contribution in [2.24, 2.45) is 5.92 Å². The van der Waals surface area contributed by atoms with Gasteiger partial charge in [0.2, 0.25) is 5.92 Å². The molecule has 0 aliphatic heterocycles. The van der Waals surface area contributed by atoms with Gasteiger partial charge in [0.15, 0.2) is 0 Å². The normalized spacial score (nSPS) is 22.6. The predicted molar refractivity (Wildman–Crippen MR) is 63.4 cm³/mol. The zero-order chi connectivity index (χ0) is 12.5. The van der Waals surface area contributed by atoms with Crippen molar-refractivity contribution in [2.45, 2.75) is 32.1 Å². The first-order valence-electron chi connectivity index (χ1n) is 5.83. The van der Waals surface area contributed by atoms with Gasteiger partial charge in [-0.2, -0.15) is 0 Å². The molecule has 1 aliphatic carbocycles. The number of nitrogens with two attached hydrogens (primary N) is 1. The van der Waals surface area contributed by atoms with Crippen molar-refractivity contribution >= 4 is 5.69 Å². The van der Waals surface area contributed by atoms with Crippen LogP contribution in [-0.4, -0.2) is 12.5 Å². The van der Waals surface area contributed by atoms with Crippen molar-refractivity contribution in [3.63, 3.8) is 0 Å². The van der Waals surface area contributed by atoms with Gasteiger partial charge in [-0.3, -0.25) is 0 Å². The Labute approximate surface area is 99.8 Å². The molecule has 0 radical (unpaired) electrons. The van der Waals surface area contributed by atoms with Crippen molar-refractivity contribution in [1.29, 1.82) is 0 Å². The summed E-state index contributed by atoms with van der Waals surface area (Å²) >= 11 is 0. The van der Waals surface area contributed by atoms with Gasteiger partial charge in [0.25, 0.3) is 0 Å². The average Bonchev–Trinajstić information content (AvgIpc) is 2.60. The van der Waals surface area contributed by atoms with Crippen LogP contribution in [0.5, 0.6) is 5.75 Å². The maximum absolute atomic E-state index is 13.0. The van der Waals surface area contributed by atoms with Crippen molar-refractivity contribution in [2.75, 3.05) is 12.3 Å². The summed E-state index contributed by atoms with van der Waals surface area (Å²) in [6, 6.07) is 5.38. The summed E-state index contributed by atoms with van der Waals surface area (Å²) in [7, 11) is 0. The van der Waals surface area contributed by atoms with E-state index in [9.17, 15) is 8.78 Å². The maximum atomic E-state index is 13.0. The Morgan fingerprint density at radius 3 is 2.82 bits per heavy atom. The van der Waals surface area contributed by atoms with Crippen LogP contribution in [-0.2, 0) is 0 Å². The molecule has 1 aromatic carbocycles. The van der Waals surface area contributed by atoms with Crippen LogP contribution in [0.4, 0.5) is 14.5 Å². The Hall–Kier alpha value is -1.32. The largest absolute Gasteiger partial charge is 0.493 e. The molecule has 4 heteroatoms. The second kappa shape index (κ2) is 4.51. The third-order valence-electron chi connectivity index (χ3n) is 3.23. The molecule has 2 rings (SSSR count). The maximum Gasteiger partial charge on any atom is 0.248 e. The highest BCUT2D eigenvalue weighted by atomic mass is 19.3. The number of benzene rings is 1. The summed E-state index contributed by atoms with van der Waals surface area (Å²) in [4.78, 5) is 0. The molecule has 1 aliphatic rings. The topological polar surface area (TPSA) is 35.2 Å². The van der Waals surface area contributed by atoms with Crippen LogP contribution >= 0.6 is 0 Å². The molecule has 1 aromatic rings. The fourth-order valence-electron chi connectivity index (χ4n) is 2.14. The predicted octanol–water partition coefficient (Wildman–Crippen LogP) is 3.39. The van der Waals surface area contributed by atoms with Crippen LogP contribution in [0.3, 0.4) is 0 Å². The first kappa shape index (κ1) is 12.1. The summed E-state index contributed by atoms with van der Waals surface area (Å²) in [5.41, 5.74) is 7.34. The van der Waals surface area contributed by atoms with E-state index in [1.807, 2.05) is 13.0 Å². The molecule has 0 aromatic heterocycles. The molecule has 0 saturated heterocycles. The quantitative estimate of drug-likeness (QED) is 0.823. The molecule has 2 nitrogen and oxygen atoms in total. The molecular weight excluding hydrogens is 224 g/mol. The van der Waals surface area contributed by atoms with E-state index in [1.165, 1.54) is 0 Å². The number of hydrogen-bond donors (Lipinski definition) is 1. The summed E-state index contributed by atoms with van der Waals surface area (Å²) in [5, 5.41) is 0. The minimum atomic E-state index is -2.49. The Balaban J connectivity index is 1.88. The van der Waals surface area contributed by atoms with E-state index < -0.39 is 5.92 Å². The van der Waals surface area contributed by atoms with Gasteiger partial charge < -0.3 is 10.5 Å². The van der Waals surface area contributed by atoms with Crippen LogP contribution in [0.2, 0.25) is 0 Å². The highest BCUT2D eigenvalue weighted by Crippen LogP contribution is 2.38. The number of aryl methyl sites for hydroxylation is 1. The van der Waals surface area contributed by atoms with Gasteiger partial charge in [0, 0.05) is 18.5 Å². The summed E-state index contributed by atoms with van der Waals surface area (Å²) in [6.45, 7) is 2.25. The molecule has 1 unspecified atom stereocenters. The SMILES string of the molecule is Cc1cc(OCC2CCC(F)(F)C2)ccc1N. The number of hydrogen-bond acceptors (Lipinski definition) is 2. The van der Waals surface area contributed by atoms with E-state index in [0.29, 0.717) is 24.5 Å². The standard InChI is InChI=1S/C13H17F2NO/c1-9-6-11(2-3-12(9)16)17-8-10-4-5-13(14,15)7-10/h2-3,6,10H,4-5,7-8,16H2,1H3. The third kappa shape index (κ3) is 3.08. The van der Waals surface area contributed by atoms with E-state index >= 15 is 0 Å². The van der Waals surface area contributed by atoms with Gasteiger partial charge in [-0.1, -0.05) is 0 Å². The average molecular weight is 241 g/mol. The van der Waals surface area contributed by atoms with Gasteiger partial charge in [0.05, 0.1) is 6.61 Å². The number of anilines is 1. The summed E-state index contributed by atoms with van der Waals surface area (Å²) in [5.74, 6) is -1.83. The zero-order valence-corrected chi connectivity index (χ0v) is 9.88. The zero-order valence-electron chi connectivity index (χ0n) is 9.88. The second-order valence-corrected chi connectivity index (χ2v) is 4.79. The van der Waals surface area contributed by atoms with Gasteiger partial charge in [-0.05, 0) is 43.0 Å². The Morgan fingerprint density at radius 1 is 1.47 bits per heavy atom. The number of rotatable bonds is 3. The van der Waals surface area contributed by atoms with Crippen LogP contribution in [0.25, 0.3) is 0 Å². The molecule has 17 heavy (non-hydrogen) atoms. The van der Waals surface area contributed by atoms with Gasteiger partial charge in [-0.15, -0.1) is 0 Å². The molecule has 2 N–H and O–H groups in total. The van der Waals surface area contributed by atoms with Crippen molar-refractivity contribution in [1.82, 2.24) is 0 Å². The lowest BCUT2D eigenvalue weighted by atomic mass is 10.1. The number of alkyl halides is 2. The number of ether oxygens (including phenoxy) is 1. The van der Waals surface area contributed by atoms with Crippen molar-refractivity contribution in [3.05, 3.63) is 23.8 Å². The lowest BCUT2D eigenvalue weighted by Gasteiger charge is -2.13. The first-order chi connectivity index (χ1) is 7.96. The first-order valence-corrected chi connectivity index (χ1v) is 5.83. The number of nitrogen functional groups attached to an aromatic ring is 1. The molecule has 0 heterocycles. The second-order valence-electron chi connectivity index (χ2n) is 4.79. The van der Waals surface area contributed by atoms with E-state index in [1.54, 1.807) is 12.1 Å². The van der Waals surface area contributed by atoms with E-state index in [4.69, 9.17) is 10.5 Å². The third-order valence-corrected chi connectivity index (χ3v) is 3.23. The molecule has 94 valence electrons. The minimum absolute atomic E-state index is 0.0121. The van der Waals surface area contributed by atoms with Gasteiger partial charge in [-0.25, -0.2) is 8.78 Å². The Kier molecular flexibility index (Phi) is 3.22. The van der Waals surface area contributed by atoms with Gasteiger partial charge in [0.1, 0.15) is 5.75 Å². The van der Waals surface area contributed by atoms with Crippen LogP contribution in [0.15, 0.2) is 18.2 Å². The lowest BCUT2D eigenvalue weighted by Crippen LogP contribution is -2.13.